The Labute approximate surface area is 150 Å². The van der Waals surface area contributed by atoms with Gasteiger partial charge in [0, 0.05) is 30.7 Å². The van der Waals surface area contributed by atoms with Gasteiger partial charge in [-0.25, -0.2) is 14.4 Å². The van der Waals surface area contributed by atoms with Crippen LogP contribution in [0, 0.1) is 11.2 Å². The molecule has 7 heteroatoms. The summed E-state index contributed by atoms with van der Waals surface area (Å²) in [6, 6.07) is 3.33. The number of hydrogen-bond acceptors (Lipinski definition) is 5. The number of likely N-dealkylation sites (tertiary alicyclic amines) is 1. The van der Waals surface area contributed by atoms with E-state index in [-0.39, 0.29) is 5.91 Å². The second kappa shape index (κ2) is 6.46. The van der Waals surface area contributed by atoms with Gasteiger partial charge in [0.1, 0.15) is 16.5 Å². The van der Waals surface area contributed by atoms with Crippen molar-refractivity contribution in [3.05, 3.63) is 46.4 Å². The average molecular weight is 360 g/mol. The molecule has 0 radical (unpaired) electrons. The first kappa shape index (κ1) is 16.6. The maximum atomic E-state index is 13.0. The number of amides is 1. The van der Waals surface area contributed by atoms with Crippen molar-refractivity contribution in [1.29, 1.82) is 0 Å². The summed E-state index contributed by atoms with van der Waals surface area (Å²) in [5, 5.41) is 3.17. The fourth-order valence-corrected chi connectivity index (χ4v) is 4.64. The summed E-state index contributed by atoms with van der Waals surface area (Å²) >= 11 is 1.70. The van der Waals surface area contributed by atoms with E-state index in [0.29, 0.717) is 17.2 Å². The molecule has 1 amide bonds. The van der Waals surface area contributed by atoms with E-state index in [2.05, 4.69) is 21.9 Å². The predicted octanol–water partition coefficient (Wildman–Crippen LogP) is 2.80. The number of pyridine rings is 1. The van der Waals surface area contributed by atoms with Gasteiger partial charge in [0.2, 0.25) is 0 Å². The Morgan fingerprint density at radius 2 is 2.20 bits per heavy atom. The standard InChI is InChI=1S/C18H21FN4OS/c1-22(12-16-20-6-9-25-16)15-10-18(15)4-7-23(8-5-18)17(24)14-3-2-13(19)11-21-14/h2-3,6,9,11,15H,4-5,7-8,10,12H2,1H3. The van der Waals surface area contributed by atoms with Gasteiger partial charge in [-0.3, -0.25) is 9.69 Å². The molecule has 0 bridgehead atoms. The predicted molar refractivity (Wildman–Crippen MR) is 93.8 cm³/mol. The molecule has 2 aromatic rings. The molecular formula is C18H21FN4OS. The molecule has 2 aromatic heterocycles. The fourth-order valence-electron chi connectivity index (χ4n) is 3.96. The van der Waals surface area contributed by atoms with E-state index in [1.165, 1.54) is 18.6 Å². The molecule has 132 valence electrons. The number of thiazole rings is 1. The minimum atomic E-state index is -0.418. The third kappa shape index (κ3) is 3.30. The van der Waals surface area contributed by atoms with Crippen molar-refractivity contribution in [2.24, 2.45) is 5.41 Å². The summed E-state index contributed by atoms with van der Waals surface area (Å²) in [4.78, 5) is 25.0. The summed E-state index contributed by atoms with van der Waals surface area (Å²) in [6.07, 6.45) is 6.19. The largest absolute Gasteiger partial charge is 0.337 e. The summed E-state index contributed by atoms with van der Waals surface area (Å²) in [5.41, 5.74) is 0.671. The molecule has 1 aliphatic heterocycles. The van der Waals surface area contributed by atoms with Gasteiger partial charge >= 0.3 is 0 Å². The van der Waals surface area contributed by atoms with Crippen molar-refractivity contribution < 1.29 is 9.18 Å². The van der Waals surface area contributed by atoms with Crippen molar-refractivity contribution in [2.45, 2.75) is 31.8 Å². The molecule has 5 nitrogen and oxygen atoms in total. The van der Waals surface area contributed by atoms with Crippen LogP contribution in [-0.4, -0.2) is 51.9 Å². The van der Waals surface area contributed by atoms with Gasteiger partial charge in [-0.2, -0.15) is 0 Å². The number of aromatic nitrogens is 2. The van der Waals surface area contributed by atoms with Gasteiger partial charge in [-0.05, 0) is 43.9 Å². The molecule has 0 N–H and O–H groups in total. The normalized spacial score (nSPS) is 21.7. The zero-order chi connectivity index (χ0) is 17.4. The summed E-state index contributed by atoms with van der Waals surface area (Å²) in [5.74, 6) is -0.513. The smallest absolute Gasteiger partial charge is 0.272 e. The molecule has 1 saturated carbocycles. The summed E-state index contributed by atoms with van der Waals surface area (Å²) < 4.78 is 13.0. The summed E-state index contributed by atoms with van der Waals surface area (Å²) in [7, 11) is 2.17. The van der Waals surface area contributed by atoms with Crippen LogP contribution in [0.25, 0.3) is 0 Å². The lowest BCUT2D eigenvalue weighted by Gasteiger charge is -2.34. The maximum Gasteiger partial charge on any atom is 0.272 e. The van der Waals surface area contributed by atoms with Gasteiger partial charge in [0.25, 0.3) is 5.91 Å². The van der Waals surface area contributed by atoms with Gasteiger partial charge in [0.05, 0.1) is 12.7 Å². The van der Waals surface area contributed by atoms with E-state index < -0.39 is 5.82 Å². The monoisotopic (exact) mass is 360 g/mol. The van der Waals surface area contributed by atoms with E-state index in [0.717, 1.165) is 43.7 Å². The molecule has 2 aliphatic rings. The zero-order valence-electron chi connectivity index (χ0n) is 14.2. The third-order valence-electron chi connectivity index (χ3n) is 5.54. The molecular weight excluding hydrogens is 339 g/mol. The molecule has 4 rings (SSSR count). The highest BCUT2D eigenvalue weighted by molar-refractivity contribution is 7.09. The first-order valence-corrected chi connectivity index (χ1v) is 9.45. The topological polar surface area (TPSA) is 49.3 Å². The van der Waals surface area contributed by atoms with E-state index in [1.54, 1.807) is 11.3 Å². The highest BCUT2D eigenvalue weighted by Gasteiger charge is 2.56. The van der Waals surface area contributed by atoms with Gasteiger partial charge < -0.3 is 4.90 Å². The van der Waals surface area contributed by atoms with Gasteiger partial charge in [0.15, 0.2) is 0 Å². The van der Waals surface area contributed by atoms with Crippen molar-refractivity contribution in [3.63, 3.8) is 0 Å². The molecule has 1 saturated heterocycles. The first-order chi connectivity index (χ1) is 12.1. The first-order valence-electron chi connectivity index (χ1n) is 8.57. The van der Waals surface area contributed by atoms with Crippen LogP contribution < -0.4 is 0 Å². The van der Waals surface area contributed by atoms with Crippen molar-refractivity contribution >= 4 is 17.2 Å². The Morgan fingerprint density at radius 1 is 1.40 bits per heavy atom. The Balaban J connectivity index is 1.33. The van der Waals surface area contributed by atoms with Crippen LogP contribution in [0.15, 0.2) is 29.9 Å². The number of carbonyl (C=O) groups is 1. The lowest BCUT2D eigenvalue weighted by atomic mass is 9.92. The van der Waals surface area contributed by atoms with Crippen molar-refractivity contribution in [1.82, 2.24) is 19.8 Å². The highest BCUT2D eigenvalue weighted by Crippen LogP contribution is 2.56. The Bertz CT molecular complexity index is 741. The Morgan fingerprint density at radius 3 is 2.84 bits per heavy atom. The number of nitrogens with zero attached hydrogens (tertiary/aromatic N) is 4. The van der Waals surface area contributed by atoms with Crippen molar-refractivity contribution in [2.75, 3.05) is 20.1 Å². The molecule has 0 aromatic carbocycles. The minimum Gasteiger partial charge on any atom is -0.337 e. The minimum absolute atomic E-state index is 0.0943. The SMILES string of the molecule is CN(Cc1nccs1)C1CC12CCN(C(=O)c1ccc(F)cn1)CC2. The fraction of sp³-hybridized carbons (Fsp3) is 0.500. The number of carbonyl (C=O) groups excluding carboxylic acids is 1. The van der Waals surface area contributed by atoms with Crippen LogP contribution in [0.5, 0.6) is 0 Å². The third-order valence-corrected chi connectivity index (χ3v) is 6.30. The molecule has 1 spiro atoms. The number of rotatable bonds is 4. The molecule has 1 unspecified atom stereocenters. The quantitative estimate of drug-likeness (QED) is 0.841. The van der Waals surface area contributed by atoms with E-state index >= 15 is 0 Å². The lowest BCUT2D eigenvalue weighted by molar-refractivity contribution is 0.0651. The van der Waals surface area contributed by atoms with Crippen LogP contribution in [0.4, 0.5) is 4.39 Å². The number of halogens is 1. The van der Waals surface area contributed by atoms with Crippen LogP contribution in [-0.2, 0) is 6.54 Å². The van der Waals surface area contributed by atoms with E-state index in [9.17, 15) is 9.18 Å². The van der Waals surface area contributed by atoms with Crippen LogP contribution in [0.2, 0.25) is 0 Å². The van der Waals surface area contributed by atoms with Crippen LogP contribution in [0.1, 0.15) is 34.8 Å². The highest BCUT2D eigenvalue weighted by atomic mass is 32.1. The average Bonchev–Trinajstić information content (AvgIpc) is 3.07. The van der Waals surface area contributed by atoms with Gasteiger partial charge in [-0.15, -0.1) is 11.3 Å². The van der Waals surface area contributed by atoms with Crippen LogP contribution in [0.3, 0.4) is 0 Å². The Kier molecular flexibility index (Phi) is 4.29. The zero-order valence-corrected chi connectivity index (χ0v) is 15.0. The van der Waals surface area contributed by atoms with Gasteiger partial charge in [-0.1, -0.05) is 0 Å². The van der Waals surface area contributed by atoms with Crippen LogP contribution >= 0.6 is 11.3 Å². The van der Waals surface area contributed by atoms with Crippen molar-refractivity contribution in [3.8, 4) is 0 Å². The van der Waals surface area contributed by atoms with E-state index in [4.69, 9.17) is 0 Å². The molecule has 3 heterocycles. The lowest BCUT2D eigenvalue weighted by Crippen LogP contribution is -2.41. The Hall–Kier alpha value is -1.86. The molecule has 2 fully saturated rings. The molecule has 1 aliphatic carbocycles. The molecule has 25 heavy (non-hydrogen) atoms. The maximum absolute atomic E-state index is 13.0. The summed E-state index contributed by atoms with van der Waals surface area (Å²) in [6.45, 7) is 2.39. The number of piperidine rings is 1. The second-order valence-electron chi connectivity index (χ2n) is 7.08. The number of hydrogen-bond donors (Lipinski definition) is 0. The second-order valence-corrected chi connectivity index (χ2v) is 8.06. The van der Waals surface area contributed by atoms with E-state index in [1.807, 2.05) is 16.5 Å². The molecule has 1 atom stereocenters.